The molecule has 198 valence electrons. The molecule has 0 radical (unpaired) electrons. The lowest BCUT2D eigenvalue weighted by Crippen LogP contribution is -2.58. The molecular weight excluding hydrogens is 478 g/mol. The number of ether oxygens (including phenoxy) is 1. The lowest BCUT2D eigenvalue weighted by molar-refractivity contribution is 0.00951. The summed E-state index contributed by atoms with van der Waals surface area (Å²) in [5, 5.41) is 6.63. The lowest BCUT2D eigenvalue weighted by Gasteiger charge is -2.53. The average Bonchev–Trinajstić information content (AvgIpc) is 3.23. The van der Waals surface area contributed by atoms with Gasteiger partial charge in [-0.15, -0.1) is 0 Å². The first-order chi connectivity index (χ1) is 17.5. The summed E-state index contributed by atoms with van der Waals surface area (Å²) in [6.07, 6.45) is 2.57. The number of alkyl carbamates (subject to hydrolysis) is 1. The number of imidazole rings is 1. The number of nitrogens with one attached hydrogen (secondary N) is 2. The smallest absolute Gasteiger partial charge is 0.408 e. The molecule has 0 spiro atoms. The zero-order valence-electron chi connectivity index (χ0n) is 21.8. The van der Waals surface area contributed by atoms with Gasteiger partial charge < -0.3 is 15.4 Å². The highest BCUT2D eigenvalue weighted by molar-refractivity contribution is 5.78. The summed E-state index contributed by atoms with van der Waals surface area (Å²) in [7, 11) is 0. The van der Waals surface area contributed by atoms with Gasteiger partial charge in [0.05, 0.1) is 11.0 Å². The highest BCUT2D eigenvalue weighted by Gasteiger charge is 2.49. The molecule has 0 atom stereocenters. The van der Waals surface area contributed by atoms with Crippen LogP contribution in [0, 0.1) is 12.3 Å². The Morgan fingerprint density at radius 2 is 1.76 bits per heavy atom. The topological polar surface area (TPSA) is 94.0 Å². The van der Waals surface area contributed by atoms with Crippen LogP contribution >= 0.6 is 0 Å². The van der Waals surface area contributed by atoms with Gasteiger partial charge in [-0.25, -0.2) is 28.5 Å². The second-order valence-electron chi connectivity index (χ2n) is 11.5. The maximum Gasteiger partial charge on any atom is 0.408 e. The van der Waals surface area contributed by atoms with Crippen molar-refractivity contribution in [1.82, 2.24) is 24.8 Å². The highest BCUT2D eigenvalue weighted by atomic mass is 19.3. The third-order valence-electron chi connectivity index (χ3n) is 7.65. The Bertz CT molecular complexity index is 1290. The summed E-state index contributed by atoms with van der Waals surface area (Å²) >= 11 is 0. The SMILES string of the molecule is Cc1nc(NCC23CCC(NC(=O)OC(C)(C)C)(CC2)CC3)cc(-n2c(C(F)F)nc3ccccc32)n1. The molecule has 3 aliphatic carbocycles. The molecule has 1 amide bonds. The number of hydrogen-bond acceptors (Lipinski definition) is 6. The Labute approximate surface area is 215 Å². The molecule has 0 saturated heterocycles. The number of hydrogen-bond donors (Lipinski definition) is 2. The second kappa shape index (κ2) is 9.22. The van der Waals surface area contributed by atoms with Gasteiger partial charge in [0, 0.05) is 18.2 Å². The third-order valence-corrected chi connectivity index (χ3v) is 7.65. The Kier molecular flexibility index (Phi) is 6.32. The Morgan fingerprint density at radius 1 is 1.08 bits per heavy atom. The van der Waals surface area contributed by atoms with E-state index in [4.69, 9.17) is 4.74 Å². The van der Waals surface area contributed by atoms with Gasteiger partial charge in [0.2, 0.25) is 0 Å². The number of para-hydroxylation sites is 2. The van der Waals surface area contributed by atoms with Gasteiger partial charge in [-0.05, 0) is 83.8 Å². The molecule has 0 unspecified atom stereocenters. The van der Waals surface area contributed by atoms with Gasteiger partial charge in [0.15, 0.2) is 5.82 Å². The minimum Gasteiger partial charge on any atom is -0.444 e. The lowest BCUT2D eigenvalue weighted by atomic mass is 9.57. The Balaban J connectivity index is 1.30. The number of alkyl halides is 2. The number of aryl methyl sites for hydroxylation is 1. The number of nitrogens with zero attached hydrogens (tertiary/aromatic N) is 4. The number of amides is 1. The van der Waals surface area contributed by atoms with Crippen molar-refractivity contribution >= 4 is 22.9 Å². The van der Waals surface area contributed by atoms with Crippen molar-refractivity contribution in [3.8, 4) is 5.82 Å². The molecule has 2 aromatic heterocycles. The van der Waals surface area contributed by atoms with E-state index in [1.807, 2.05) is 20.8 Å². The van der Waals surface area contributed by atoms with E-state index >= 15 is 0 Å². The molecule has 10 heteroatoms. The van der Waals surface area contributed by atoms with Crippen molar-refractivity contribution < 1.29 is 18.3 Å². The maximum absolute atomic E-state index is 13.9. The summed E-state index contributed by atoms with van der Waals surface area (Å²) in [6, 6.07) is 8.77. The van der Waals surface area contributed by atoms with E-state index in [1.54, 1.807) is 37.3 Å². The van der Waals surface area contributed by atoms with E-state index in [9.17, 15) is 13.6 Å². The molecule has 37 heavy (non-hydrogen) atoms. The van der Waals surface area contributed by atoms with E-state index in [0.717, 1.165) is 45.1 Å². The normalized spacial score (nSPS) is 23.4. The quantitative estimate of drug-likeness (QED) is 0.415. The van der Waals surface area contributed by atoms with Crippen molar-refractivity contribution in [2.75, 3.05) is 11.9 Å². The number of halogens is 2. The van der Waals surface area contributed by atoms with Gasteiger partial charge >= 0.3 is 6.09 Å². The van der Waals surface area contributed by atoms with Crippen LogP contribution in [-0.2, 0) is 4.74 Å². The summed E-state index contributed by atoms with van der Waals surface area (Å²) in [6.45, 7) is 8.08. The van der Waals surface area contributed by atoms with Crippen molar-refractivity contribution in [2.24, 2.45) is 5.41 Å². The van der Waals surface area contributed by atoms with Gasteiger partial charge in [0.1, 0.15) is 23.1 Å². The number of carbonyl (C=O) groups is 1. The average molecular weight is 513 g/mol. The largest absolute Gasteiger partial charge is 0.444 e. The summed E-state index contributed by atoms with van der Waals surface area (Å²) < 4.78 is 34.6. The van der Waals surface area contributed by atoms with Crippen LogP contribution in [0.25, 0.3) is 16.9 Å². The van der Waals surface area contributed by atoms with Crippen LogP contribution < -0.4 is 10.6 Å². The number of anilines is 1. The minimum atomic E-state index is -2.74. The van der Waals surface area contributed by atoms with E-state index in [0.29, 0.717) is 28.5 Å². The highest BCUT2D eigenvalue weighted by Crippen LogP contribution is 2.52. The maximum atomic E-state index is 13.9. The van der Waals surface area contributed by atoms with E-state index < -0.39 is 12.0 Å². The number of fused-ring (bicyclic) bond motifs is 4. The number of benzene rings is 1. The van der Waals surface area contributed by atoms with Gasteiger partial charge in [-0.1, -0.05) is 12.1 Å². The van der Waals surface area contributed by atoms with Gasteiger partial charge in [-0.3, -0.25) is 4.57 Å². The second-order valence-corrected chi connectivity index (χ2v) is 11.5. The molecule has 1 aromatic carbocycles. The first kappa shape index (κ1) is 25.4. The molecule has 0 aliphatic heterocycles. The zero-order chi connectivity index (χ0) is 26.4. The van der Waals surface area contributed by atoms with E-state index in [2.05, 4.69) is 25.6 Å². The van der Waals surface area contributed by atoms with Crippen molar-refractivity contribution in [3.63, 3.8) is 0 Å². The summed E-state index contributed by atoms with van der Waals surface area (Å²) in [4.78, 5) is 25.5. The van der Waals surface area contributed by atoms with Crippen LogP contribution in [0.2, 0.25) is 0 Å². The molecular formula is C27H34F2N6O2. The molecule has 2 bridgehead atoms. The van der Waals surface area contributed by atoms with Crippen LogP contribution in [0.1, 0.15) is 77.4 Å². The monoisotopic (exact) mass is 512 g/mol. The molecule has 3 aliphatic rings. The van der Waals surface area contributed by atoms with E-state index in [1.165, 1.54) is 4.57 Å². The minimum absolute atomic E-state index is 0.103. The van der Waals surface area contributed by atoms with Crippen LogP contribution in [-0.4, -0.2) is 43.3 Å². The molecule has 2 heterocycles. The van der Waals surface area contributed by atoms with Crippen molar-refractivity contribution in [2.45, 2.75) is 83.8 Å². The molecule has 2 N–H and O–H groups in total. The molecule has 8 nitrogen and oxygen atoms in total. The number of aromatic nitrogens is 4. The van der Waals surface area contributed by atoms with Crippen molar-refractivity contribution in [3.05, 3.63) is 42.0 Å². The summed E-state index contributed by atoms with van der Waals surface area (Å²) in [5.41, 5.74) is 0.457. The third kappa shape index (κ3) is 5.24. The summed E-state index contributed by atoms with van der Waals surface area (Å²) in [5.74, 6) is 1.12. The predicted molar refractivity (Wildman–Crippen MR) is 137 cm³/mol. The van der Waals surface area contributed by atoms with Gasteiger partial charge in [-0.2, -0.15) is 0 Å². The van der Waals surface area contributed by atoms with Crippen LogP contribution in [0.4, 0.5) is 19.4 Å². The first-order valence-electron chi connectivity index (χ1n) is 12.8. The molecule has 3 aromatic rings. The Morgan fingerprint density at radius 3 is 2.41 bits per heavy atom. The van der Waals surface area contributed by atoms with Crippen molar-refractivity contribution in [1.29, 1.82) is 0 Å². The fraction of sp³-hybridized carbons (Fsp3) is 0.556. The van der Waals surface area contributed by atoms with Gasteiger partial charge in [0.25, 0.3) is 6.43 Å². The van der Waals surface area contributed by atoms with Crippen LogP contribution in [0.15, 0.2) is 30.3 Å². The number of carbonyl (C=O) groups excluding carboxylic acids is 1. The fourth-order valence-corrected chi connectivity index (χ4v) is 5.70. The van der Waals surface area contributed by atoms with Crippen LogP contribution in [0.5, 0.6) is 0 Å². The number of rotatable bonds is 6. The van der Waals surface area contributed by atoms with Crippen LogP contribution in [0.3, 0.4) is 0 Å². The molecule has 3 saturated carbocycles. The predicted octanol–water partition coefficient (Wildman–Crippen LogP) is 6.09. The zero-order valence-corrected chi connectivity index (χ0v) is 21.8. The molecule has 6 rings (SSSR count). The Hall–Kier alpha value is -3.30. The standard InChI is InChI=1S/C27H34F2N6O2/c1-17-31-20(15-21(32-17)35-19-8-6-5-7-18(19)33-23(35)22(28)29)30-16-26-9-12-27(13-10-26,14-11-26)34-24(36)37-25(2,3)4/h5-8,15,22H,9-14,16H2,1-4H3,(H,34,36)(H,30,31,32). The van der Waals surface area contributed by atoms with E-state index in [-0.39, 0.29) is 22.9 Å². The molecule has 3 fully saturated rings. The first-order valence-corrected chi connectivity index (χ1v) is 12.8. The fourth-order valence-electron chi connectivity index (χ4n) is 5.70.